The van der Waals surface area contributed by atoms with E-state index in [0.717, 1.165) is 29.6 Å². The average Bonchev–Trinajstić information content (AvgIpc) is 3.06. The van der Waals surface area contributed by atoms with Gasteiger partial charge in [0.05, 0.1) is 5.69 Å². The predicted molar refractivity (Wildman–Crippen MR) is 65.2 cm³/mol. The summed E-state index contributed by atoms with van der Waals surface area (Å²) in [6, 6.07) is 4.97. The van der Waals surface area contributed by atoms with Crippen LogP contribution in [0.25, 0.3) is 0 Å². The number of hydrogen-bond donors (Lipinski definition) is 0. The van der Waals surface area contributed by atoms with E-state index in [1.54, 1.807) is 6.20 Å². The lowest BCUT2D eigenvalue weighted by molar-refractivity contribution is -0.140. The van der Waals surface area contributed by atoms with Gasteiger partial charge < -0.3 is 0 Å². The number of hydrogen-bond acceptors (Lipinski definition) is 3. The Kier molecular flexibility index (Phi) is 2.07. The Bertz CT molecular complexity index is 409. The van der Waals surface area contributed by atoms with Crippen molar-refractivity contribution in [3.05, 3.63) is 24.0 Å². The normalized spacial score (nSPS) is 30.9. The van der Waals surface area contributed by atoms with Crippen molar-refractivity contribution in [2.75, 3.05) is 6.54 Å². The molecule has 0 radical (unpaired) electrons. The fourth-order valence-corrected chi connectivity index (χ4v) is 3.95. The molecule has 1 unspecified atom stereocenters. The third-order valence-corrected chi connectivity index (χ3v) is 4.95. The van der Waals surface area contributed by atoms with Crippen molar-refractivity contribution >= 4 is 0 Å². The van der Waals surface area contributed by atoms with Gasteiger partial charge >= 0.3 is 0 Å². The van der Waals surface area contributed by atoms with Crippen LogP contribution in [0.15, 0.2) is 18.3 Å². The molecule has 1 aliphatic heterocycles. The highest BCUT2D eigenvalue weighted by atomic mass is 15.3. The lowest BCUT2D eigenvalue weighted by Crippen LogP contribution is -2.67. The number of nitrogens with zero attached hydrogens (tertiary/aromatic N) is 3. The van der Waals surface area contributed by atoms with Crippen LogP contribution in [-0.4, -0.2) is 27.7 Å². The summed E-state index contributed by atoms with van der Waals surface area (Å²) < 4.78 is 0. The van der Waals surface area contributed by atoms with Crippen molar-refractivity contribution in [3.8, 4) is 0 Å². The first-order chi connectivity index (χ1) is 8.37. The first-order valence-corrected chi connectivity index (χ1v) is 6.88. The summed E-state index contributed by atoms with van der Waals surface area (Å²) in [4.78, 5) is 2.65. The second-order valence-corrected chi connectivity index (χ2v) is 6.12. The van der Waals surface area contributed by atoms with Crippen molar-refractivity contribution in [2.24, 2.45) is 11.3 Å². The summed E-state index contributed by atoms with van der Waals surface area (Å²) in [5.74, 6) is 1.00. The number of likely N-dealkylation sites (tertiary alicyclic amines) is 1. The fraction of sp³-hybridized carbons (Fsp3) is 0.714. The van der Waals surface area contributed by atoms with E-state index in [1.807, 2.05) is 6.07 Å². The Hall–Kier alpha value is -0.960. The van der Waals surface area contributed by atoms with Crippen LogP contribution >= 0.6 is 0 Å². The molecule has 1 atom stereocenters. The number of rotatable bonds is 3. The van der Waals surface area contributed by atoms with Crippen LogP contribution in [0.1, 0.15) is 37.8 Å². The molecule has 2 heterocycles. The Morgan fingerprint density at radius 1 is 1.35 bits per heavy atom. The van der Waals surface area contributed by atoms with Crippen LogP contribution in [-0.2, 0) is 6.54 Å². The molecule has 17 heavy (non-hydrogen) atoms. The van der Waals surface area contributed by atoms with E-state index >= 15 is 0 Å². The molecule has 4 rings (SSSR count). The maximum atomic E-state index is 4.21. The Balaban J connectivity index is 1.48. The predicted octanol–water partition coefficient (Wildman–Crippen LogP) is 2.24. The molecule has 0 amide bonds. The van der Waals surface area contributed by atoms with E-state index in [1.165, 1.54) is 38.6 Å². The molecule has 90 valence electrons. The maximum absolute atomic E-state index is 4.21. The lowest BCUT2D eigenvalue weighted by Gasteiger charge is -2.63. The van der Waals surface area contributed by atoms with Crippen molar-refractivity contribution in [2.45, 2.75) is 44.7 Å². The van der Waals surface area contributed by atoms with E-state index in [4.69, 9.17) is 0 Å². The van der Waals surface area contributed by atoms with Gasteiger partial charge in [0.2, 0.25) is 0 Å². The molecule has 0 aromatic carbocycles. The van der Waals surface area contributed by atoms with Crippen LogP contribution in [0.2, 0.25) is 0 Å². The van der Waals surface area contributed by atoms with Crippen LogP contribution in [0.3, 0.4) is 0 Å². The van der Waals surface area contributed by atoms with Crippen LogP contribution in [0.4, 0.5) is 0 Å². The van der Waals surface area contributed by atoms with E-state index in [9.17, 15) is 0 Å². The number of aromatic nitrogens is 2. The second kappa shape index (κ2) is 3.52. The molecule has 2 aliphatic carbocycles. The summed E-state index contributed by atoms with van der Waals surface area (Å²) in [5.41, 5.74) is 1.86. The fourth-order valence-electron chi connectivity index (χ4n) is 3.95. The van der Waals surface area contributed by atoms with Crippen molar-refractivity contribution in [1.82, 2.24) is 15.1 Å². The van der Waals surface area contributed by atoms with Gasteiger partial charge in [-0.1, -0.05) is 6.42 Å². The van der Waals surface area contributed by atoms with Crippen LogP contribution in [0.5, 0.6) is 0 Å². The van der Waals surface area contributed by atoms with Gasteiger partial charge in [-0.3, -0.25) is 4.90 Å². The smallest absolute Gasteiger partial charge is 0.0771 e. The van der Waals surface area contributed by atoms with Gasteiger partial charge in [0.25, 0.3) is 0 Å². The van der Waals surface area contributed by atoms with E-state index in [-0.39, 0.29) is 0 Å². The molecule has 1 saturated heterocycles. The summed E-state index contributed by atoms with van der Waals surface area (Å²) in [7, 11) is 0. The molecular weight excluding hydrogens is 210 g/mol. The molecule has 3 fully saturated rings. The minimum absolute atomic E-state index is 0.726. The molecule has 0 bridgehead atoms. The molecule has 3 aliphatic rings. The van der Waals surface area contributed by atoms with Gasteiger partial charge in [-0.25, -0.2) is 0 Å². The van der Waals surface area contributed by atoms with Gasteiger partial charge in [0.1, 0.15) is 0 Å². The standard InChI is InChI=1S/C14H19N3/c1-3-12(16-15-8-1)9-17-10-14(6-2-7-14)13(17)11-4-5-11/h1,3,8,11,13H,2,4-7,9-10H2. The minimum atomic E-state index is 0.726. The topological polar surface area (TPSA) is 29.0 Å². The minimum Gasteiger partial charge on any atom is -0.293 e. The average molecular weight is 229 g/mol. The van der Waals surface area contributed by atoms with Gasteiger partial charge in [0, 0.05) is 25.3 Å². The Labute approximate surface area is 102 Å². The maximum Gasteiger partial charge on any atom is 0.0771 e. The molecule has 1 aromatic heterocycles. The zero-order chi connectivity index (χ0) is 11.3. The van der Waals surface area contributed by atoms with E-state index in [0.29, 0.717) is 0 Å². The Morgan fingerprint density at radius 3 is 2.82 bits per heavy atom. The molecule has 1 spiro atoms. The summed E-state index contributed by atoms with van der Waals surface area (Å²) in [5, 5.41) is 8.19. The van der Waals surface area contributed by atoms with Crippen molar-refractivity contribution in [3.63, 3.8) is 0 Å². The van der Waals surface area contributed by atoms with Gasteiger partial charge in [-0.05, 0) is 49.1 Å². The molecule has 1 aromatic rings. The first-order valence-electron chi connectivity index (χ1n) is 6.88. The SMILES string of the molecule is c1cnnc(CN2CC3(CCC3)C2C2CC2)c1. The highest BCUT2D eigenvalue weighted by molar-refractivity contribution is 5.14. The zero-order valence-electron chi connectivity index (χ0n) is 10.2. The van der Waals surface area contributed by atoms with Crippen LogP contribution in [0, 0.1) is 11.3 Å². The highest BCUT2D eigenvalue weighted by Crippen LogP contribution is 2.59. The Morgan fingerprint density at radius 2 is 2.24 bits per heavy atom. The van der Waals surface area contributed by atoms with Crippen molar-refractivity contribution in [1.29, 1.82) is 0 Å². The van der Waals surface area contributed by atoms with E-state index < -0.39 is 0 Å². The van der Waals surface area contributed by atoms with Crippen LogP contribution < -0.4 is 0 Å². The third kappa shape index (κ3) is 1.52. The van der Waals surface area contributed by atoms with E-state index in [2.05, 4.69) is 21.2 Å². The summed E-state index contributed by atoms with van der Waals surface area (Å²) in [6.45, 7) is 2.32. The largest absolute Gasteiger partial charge is 0.293 e. The molecule has 2 saturated carbocycles. The monoisotopic (exact) mass is 229 g/mol. The molecule has 0 N–H and O–H groups in total. The summed E-state index contributed by atoms with van der Waals surface area (Å²) >= 11 is 0. The van der Waals surface area contributed by atoms with Crippen molar-refractivity contribution < 1.29 is 0 Å². The summed E-state index contributed by atoms with van der Waals surface area (Å²) in [6.07, 6.45) is 9.09. The molecular formula is C14H19N3. The van der Waals surface area contributed by atoms with Gasteiger partial charge in [0.15, 0.2) is 0 Å². The molecule has 3 heteroatoms. The second-order valence-electron chi connectivity index (χ2n) is 6.12. The lowest BCUT2D eigenvalue weighted by atomic mass is 9.56. The first kappa shape index (κ1) is 10.0. The third-order valence-electron chi connectivity index (χ3n) is 4.95. The highest BCUT2D eigenvalue weighted by Gasteiger charge is 2.59. The zero-order valence-corrected chi connectivity index (χ0v) is 10.2. The van der Waals surface area contributed by atoms with Gasteiger partial charge in [-0.15, -0.1) is 0 Å². The quantitative estimate of drug-likeness (QED) is 0.796. The van der Waals surface area contributed by atoms with Gasteiger partial charge in [-0.2, -0.15) is 10.2 Å². The molecule has 3 nitrogen and oxygen atoms in total.